The third-order valence-corrected chi connectivity index (χ3v) is 3.78. The molecule has 0 aliphatic heterocycles. The minimum atomic E-state index is -0.374. The second-order valence-corrected chi connectivity index (χ2v) is 5.71. The van der Waals surface area contributed by atoms with Gasteiger partial charge in [0, 0.05) is 10.5 Å². The quantitative estimate of drug-likeness (QED) is 0.787. The van der Waals surface area contributed by atoms with Crippen LogP contribution in [0, 0.1) is 5.82 Å². The van der Waals surface area contributed by atoms with Gasteiger partial charge in [0.2, 0.25) is 0 Å². The molecule has 0 radical (unpaired) electrons. The van der Waals surface area contributed by atoms with Crippen molar-refractivity contribution < 1.29 is 9.13 Å². The Hall–Kier alpha value is -1.26. The van der Waals surface area contributed by atoms with Gasteiger partial charge in [-0.1, -0.05) is 33.6 Å². The lowest BCUT2D eigenvalue weighted by Gasteiger charge is -2.17. The smallest absolute Gasteiger partial charge is 0.165 e. The zero-order chi connectivity index (χ0) is 14.7. The third kappa shape index (κ3) is 3.44. The molecule has 5 heteroatoms. The topological polar surface area (TPSA) is 21.3 Å². The van der Waals surface area contributed by atoms with E-state index in [9.17, 15) is 4.39 Å². The van der Waals surface area contributed by atoms with Crippen LogP contribution in [0.1, 0.15) is 18.5 Å². The predicted molar refractivity (Wildman–Crippen MR) is 84.1 cm³/mol. The summed E-state index contributed by atoms with van der Waals surface area (Å²) < 4.78 is 19.5. The van der Waals surface area contributed by atoms with Crippen molar-refractivity contribution in [2.75, 3.05) is 12.4 Å². The number of nitrogens with one attached hydrogen (secondary N) is 1. The lowest BCUT2D eigenvalue weighted by molar-refractivity contribution is 0.386. The van der Waals surface area contributed by atoms with E-state index in [1.54, 1.807) is 6.07 Å². The van der Waals surface area contributed by atoms with E-state index in [2.05, 4.69) is 21.2 Å². The molecule has 0 heterocycles. The first-order chi connectivity index (χ1) is 9.51. The number of halogens is 3. The number of rotatable bonds is 4. The summed E-state index contributed by atoms with van der Waals surface area (Å²) in [5.41, 5.74) is 1.63. The monoisotopic (exact) mass is 357 g/mol. The summed E-state index contributed by atoms with van der Waals surface area (Å²) in [5, 5.41) is 3.87. The Bertz CT molecular complexity index is 621. The second kappa shape index (κ2) is 6.46. The standard InChI is InChI=1S/C15H14BrClFNO/c1-9(10-3-6-15(20-2)13(18)7-10)19-14-5-4-11(16)8-12(14)17/h3-9,19H,1-2H3. The van der Waals surface area contributed by atoms with Crippen LogP contribution < -0.4 is 10.1 Å². The van der Waals surface area contributed by atoms with Crippen LogP contribution in [0.3, 0.4) is 0 Å². The average Bonchev–Trinajstić information content (AvgIpc) is 2.41. The summed E-state index contributed by atoms with van der Waals surface area (Å²) in [6, 6.07) is 10.4. The summed E-state index contributed by atoms with van der Waals surface area (Å²) in [7, 11) is 1.45. The lowest BCUT2D eigenvalue weighted by Crippen LogP contribution is -2.07. The summed E-state index contributed by atoms with van der Waals surface area (Å²) in [6.07, 6.45) is 0. The van der Waals surface area contributed by atoms with E-state index in [0.717, 1.165) is 15.7 Å². The lowest BCUT2D eigenvalue weighted by atomic mass is 10.1. The number of hydrogen-bond donors (Lipinski definition) is 1. The van der Waals surface area contributed by atoms with Gasteiger partial charge in [0.05, 0.1) is 17.8 Å². The summed E-state index contributed by atoms with van der Waals surface area (Å²) >= 11 is 9.51. The zero-order valence-electron chi connectivity index (χ0n) is 11.1. The van der Waals surface area contributed by atoms with Crippen LogP contribution in [0.2, 0.25) is 5.02 Å². The fourth-order valence-electron chi connectivity index (χ4n) is 1.88. The van der Waals surface area contributed by atoms with E-state index >= 15 is 0 Å². The van der Waals surface area contributed by atoms with Crippen molar-refractivity contribution >= 4 is 33.2 Å². The Morgan fingerprint density at radius 1 is 1.25 bits per heavy atom. The van der Waals surface area contributed by atoms with Gasteiger partial charge < -0.3 is 10.1 Å². The van der Waals surface area contributed by atoms with Crippen molar-refractivity contribution in [2.24, 2.45) is 0 Å². The summed E-state index contributed by atoms with van der Waals surface area (Å²) in [6.45, 7) is 1.94. The minimum Gasteiger partial charge on any atom is -0.494 e. The van der Waals surface area contributed by atoms with Crippen molar-refractivity contribution in [1.82, 2.24) is 0 Å². The summed E-state index contributed by atoms with van der Waals surface area (Å²) in [5.74, 6) is -0.136. The predicted octanol–water partition coefficient (Wildman–Crippen LogP) is 5.42. The van der Waals surface area contributed by atoms with Crippen LogP contribution in [0.15, 0.2) is 40.9 Å². The molecule has 1 unspecified atom stereocenters. The van der Waals surface area contributed by atoms with Crippen LogP contribution in [-0.4, -0.2) is 7.11 Å². The Morgan fingerprint density at radius 3 is 2.60 bits per heavy atom. The van der Waals surface area contributed by atoms with Gasteiger partial charge in [-0.3, -0.25) is 0 Å². The highest BCUT2D eigenvalue weighted by atomic mass is 79.9. The van der Waals surface area contributed by atoms with Crippen LogP contribution >= 0.6 is 27.5 Å². The highest BCUT2D eigenvalue weighted by Crippen LogP contribution is 2.30. The Labute approximate surface area is 131 Å². The van der Waals surface area contributed by atoms with Crippen LogP contribution in [-0.2, 0) is 0 Å². The summed E-state index contributed by atoms with van der Waals surface area (Å²) in [4.78, 5) is 0. The zero-order valence-corrected chi connectivity index (χ0v) is 13.4. The molecule has 0 aromatic heterocycles. The van der Waals surface area contributed by atoms with E-state index in [1.165, 1.54) is 13.2 Å². The van der Waals surface area contributed by atoms with Crippen molar-refractivity contribution in [3.8, 4) is 5.75 Å². The normalized spacial score (nSPS) is 12.1. The Balaban J connectivity index is 2.19. The van der Waals surface area contributed by atoms with Gasteiger partial charge in [-0.05, 0) is 42.8 Å². The number of ether oxygens (including phenoxy) is 1. The van der Waals surface area contributed by atoms with Crippen molar-refractivity contribution in [1.29, 1.82) is 0 Å². The van der Waals surface area contributed by atoms with E-state index < -0.39 is 0 Å². The fraction of sp³-hybridized carbons (Fsp3) is 0.200. The maximum atomic E-state index is 13.7. The molecule has 0 spiro atoms. The van der Waals surface area contributed by atoms with E-state index in [1.807, 2.05) is 31.2 Å². The highest BCUT2D eigenvalue weighted by molar-refractivity contribution is 9.10. The molecule has 20 heavy (non-hydrogen) atoms. The molecule has 0 amide bonds. The van der Waals surface area contributed by atoms with Gasteiger partial charge >= 0.3 is 0 Å². The van der Waals surface area contributed by atoms with E-state index in [0.29, 0.717) is 5.02 Å². The van der Waals surface area contributed by atoms with Crippen molar-refractivity contribution in [2.45, 2.75) is 13.0 Å². The highest BCUT2D eigenvalue weighted by Gasteiger charge is 2.11. The van der Waals surface area contributed by atoms with Crippen molar-refractivity contribution in [3.05, 3.63) is 57.3 Å². The van der Waals surface area contributed by atoms with Crippen LogP contribution in [0.4, 0.5) is 10.1 Å². The average molecular weight is 359 g/mol. The number of benzene rings is 2. The largest absolute Gasteiger partial charge is 0.494 e. The number of anilines is 1. The van der Waals surface area contributed by atoms with Gasteiger partial charge in [0.25, 0.3) is 0 Å². The molecule has 106 valence electrons. The molecule has 0 saturated heterocycles. The van der Waals surface area contributed by atoms with Gasteiger partial charge in [-0.25, -0.2) is 4.39 Å². The Kier molecular flexibility index (Phi) is 4.89. The number of methoxy groups -OCH3 is 1. The molecule has 0 aliphatic rings. The molecule has 2 rings (SSSR count). The molecule has 1 atom stereocenters. The van der Waals surface area contributed by atoms with E-state index in [-0.39, 0.29) is 17.6 Å². The first kappa shape index (κ1) is 15.1. The third-order valence-electron chi connectivity index (χ3n) is 2.98. The molecule has 2 nitrogen and oxygen atoms in total. The van der Waals surface area contributed by atoms with Crippen molar-refractivity contribution in [3.63, 3.8) is 0 Å². The second-order valence-electron chi connectivity index (χ2n) is 4.38. The van der Waals surface area contributed by atoms with Gasteiger partial charge in [0.15, 0.2) is 11.6 Å². The first-order valence-corrected chi connectivity index (χ1v) is 7.23. The van der Waals surface area contributed by atoms with Gasteiger partial charge in [-0.15, -0.1) is 0 Å². The molecule has 2 aromatic carbocycles. The molecule has 0 saturated carbocycles. The molecule has 0 fully saturated rings. The maximum Gasteiger partial charge on any atom is 0.165 e. The fourth-order valence-corrected chi connectivity index (χ4v) is 2.60. The molecule has 0 bridgehead atoms. The molecular formula is C15H14BrClFNO. The van der Waals surface area contributed by atoms with Gasteiger partial charge in [-0.2, -0.15) is 0 Å². The molecule has 2 aromatic rings. The number of hydrogen-bond acceptors (Lipinski definition) is 2. The van der Waals surface area contributed by atoms with E-state index in [4.69, 9.17) is 16.3 Å². The molecular weight excluding hydrogens is 345 g/mol. The Morgan fingerprint density at radius 2 is 2.00 bits per heavy atom. The molecule has 0 aliphatic carbocycles. The molecule has 1 N–H and O–H groups in total. The van der Waals surface area contributed by atoms with Gasteiger partial charge in [0.1, 0.15) is 0 Å². The minimum absolute atomic E-state index is 0.0749. The maximum absolute atomic E-state index is 13.7. The SMILES string of the molecule is COc1ccc(C(C)Nc2ccc(Br)cc2Cl)cc1F. The van der Waals surface area contributed by atoms with Crippen LogP contribution in [0.25, 0.3) is 0 Å². The van der Waals surface area contributed by atoms with Crippen LogP contribution in [0.5, 0.6) is 5.75 Å². The first-order valence-electron chi connectivity index (χ1n) is 6.06.